The van der Waals surface area contributed by atoms with Crippen LogP contribution in [0.3, 0.4) is 0 Å². The summed E-state index contributed by atoms with van der Waals surface area (Å²) < 4.78 is 1.83. The van der Waals surface area contributed by atoms with E-state index >= 15 is 0 Å². The molecule has 1 saturated heterocycles. The number of hydrogen-bond acceptors (Lipinski definition) is 3. The van der Waals surface area contributed by atoms with Crippen LogP contribution in [-0.4, -0.2) is 39.4 Å². The first kappa shape index (κ1) is 17.0. The number of primary amides is 1. The largest absolute Gasteiger partial charge is 0.368 e. The third-order valence-electron chi connectivity index (χ3n) is 5.38. The maximum absolute atomic E-state index is 12.9. The molecule has 2 aliphatic rings. The van der Waals surface area contributed by atoms with Crippen molar-refractivity contribution in [2.45, 2.75) is 63.8 Å². The Morgan fingerprint density at radius 3 is 2.58 bits per heavy atom. The number of likely N-dealkylation sites (tertiary alicyclic amines) is 1. The standard InChI is InChI=1S/C18H28N4O2/c19-16(23)13-21-11-9-20-17(21)15-8-5-10-22(12-15)18(24)14-6-3-1-2-4-7-14/h9,11,14-15H,1-8,10,12-13H2,(H2,19,23)/t15-/m1/s1. The van der Waals surface area contributed by atoms with Crippen molar-refractivity contribution in [1.29, 1.82) is 0 Å². The molecule has 3 rings (SSSR count). The van der Waals surface area contributed by atoms with Crippen LogP contribution in [0.1, 0.15) is 63.1 Å². The highest BCUT2D eigenvalue weighted by Crippen LogP contribution is 2.30. The number of carbonyl (C=O) groups is 2. The Balaban J connectivity index is 1.66. The number of hydrogen-bond donors (Lipinski definition) is 1. The van der Waals surface area contributed by atoms with Gasteiger partial charge in [0.1, 0.15) is 12.4 Å². The quantitative estimate of drug-likeness (QED) is 0.857. The van der Waals surface area contributed by atoms with Gasteiger partial charge in [-0.25, -0.2) is 4.98 Å². The van der Waals surface area contributed by atoms with Gasteiger partial charge in [0.15, 0.2) is 0 Å². The predicted molar refractivity (Wildman–Crippen MR) is 91.2 cm³/mol. The van der Waals surface area contributed by atoms with E-state index in [9.17, 15) is 9.59 Å². The van der Waals surface area contributed by atoms with Gasteiger partial charge < -0.3 is 15.2 Å². The van der Waals surface area contributed by atoms with E-state index in [1.54, 1.807) is 12.4 Å². The molecule has 2 fully saturated rings. The number of rotatable bonds is 4. The molecule has 1 aliphatic heterocycles. The third-order valence-corrected chi connectivity index (χ3v) is 5.38. The second-order valence-electron chi connectivity index (χ2n) is 7.19. The Labute approximate surface area is 143 Å². The Morgan fingerprint density at radius 2 is 1.88 bits per heavy atom. The number of nitrogens with two attached hydrogens (primary N) is 1. The number of aromatic nitrogens is 2. The second-order valence-corrected chi connectivity index (χ2v) is 7.19. The van der Waals surface area contributed by atoms with E-state index in [1.807, 2.05) is 9.47 Å². The summed E-state index contributed by atoms with van der Waals surface area (Å²) in [4.78, 5) is 30.6. The summed E-state index contributed by atoms with van der Waals surface area (Å²) in [5.74, 6) is 1.25. The van der Waals surface area contributed by atoms with E-state index in [4.69, 9.17) is 5.73 Å². The molecular formula is C18H28N4O2. The lowest BCUT2D eigenvalue weighted by atomic mass is 9.93. The summed E-state index contributed by atoms with van der Waals surface area (Å²) in [6, 6.07) is 0. The predicted octanol–water partition coefficient (Wildman–Crippen LogP) is 2.04. The van der Waals surface area contributed by atoms with Gasteiger partial charge in [-0.15, -0.1) is 0 Å². The summed E-state index contributed by atoms with van der Waals surface area (Å²) in [7, 11) is 0. The normalized spacial score (nSPS) is 23.0. The average molecular weight is 332 g/mol. The average Bonchev–Trinajstić information content (AvgIpc) is 2.86. The minimum atomic E-state index is -0.364. The molecule has 6 heteroatoms. The molecule has 0 aromatic carbocycles. The van der Waals surface area contributed by atoms with Crippen molar-refractivity contribution >= 4 is 11.8 Å². The van der Waals surface area contributed by atoms with E-state index in [1.165, 1.54) is 25.7 Å². The zero-order valence-corrected chi connectivity index (χ0v) is 14.3. The molecule has 1 aromatic rings. The Bertz CT molecular complexity index is 575. The van der Waals surface area contributed by atoms with Crippen LogP contribution in [0.2, 0.25) is 0 Å². The molecule has 24 heavy (non-hydrogen) atoms. The number of piperidine rings is 1. The summed E-state index contributed by atoms with van der Waals surface area (Å²) in [6.07, 6.45) is 12.5. The Kier molecular flexibility index (Phi) is 5.53. The van der Waals surface area contributed by atoms with E-state index < -0.39 is 0 Å². The van der Waals surface area contributed by atoms with Gasteiger partial charge in [-0.1, -0.05) is 25.7 Å². The molecule has 1 saturated carbocycles. The van der Waals surface area contributed by atoms with Gasteiger partial charge in [0.05, 0.1) is 0 Å². The fraction of sp³-hybridized carbons (Fsp3) is 0.722. The van der Waals surface area contributed by atoms with Gasteiger partial charge in [-0.05, 0) is 25.7 Å². The van der Waals surface area contributed by atoms with E-state index in [0.29, 0.717) is 12.5 Å². The van der Waals surface area contributed by atoms with Crippen LogP contribution < -0.4 is 5.73 Å². The first-order valence-corrected chi connectivity index (χ1v) is 9.23. The van der Waals surface area contributed by atoms with Gasteiger partial charge >= 0.3 is 0 Å². The van der Waals surface area contributed by atoms with Crippen LogP contribution in [0, 0.1) is 5.92 Å². The topological polar surface area (TPSA) is 81.2 Å². The minimum absolute atomic E-state index is 0.155. The highest BCUT2D eigenvalue weighted by atomic mass is 16.2. The highest BCUT2D eigenvalue weighted by Gasteiger charge is 2.31. The Morgan fingerprint density at radius 1 is 1.12 bits per heavy atom. The Hall–Kier alpha value is -1.85. The first-order valence-electron chi connectivity index (χ1n) is 9.23. The summed E-state index contributed by atoms with van der Waals surface area (Å²) in [6.45, 7) is 1.72. The number of amides is 2. The lowest BCUT2D eigenvalue weighted by molar-refractivity contribution is -0.137. The fourth-order valence-corrected chi connectivity index (χ4v) is 4.15. The van der Waals surface area contributed by atoms with Crippen molar-refractivity contribution < 1.29 is 9.59 Å². The zero-order chi connectivity index (χ0) is 16.9. The monoisotopic (exact) mass is 332 g/mol. The number of imidazole rings is 1. The maximum Gasteiger partial charge on any atom is 0.237 e. The SMILES string of the molecule is NC(=O)Cn1ccnc1[C@@H]1CCCN(C(=O)C2CCCCCC2)C1. The molecule has 0 unspecified atom stereocenters. The molecule has 1 aromatic heterocycles. The van der Waals surface area contributed by atoms with Gasteiger partial charge in [-0.3, -0.25) is 9.59 Å². The molecule has 1 atom stereocenters. The first-order chi connectivity index (χ1) is 11.6. The number of nitrogens with zero attached hydrogens (tertiary/aromatic N) is 3. The van der Waals surface area contributed by atoms with Gasteiger partial charge in [0, 0.05) is 37.3 Å². The highest BCUT2D eigenvalue weighted by molar-refractivity contribution is 5.79. The molecule has 0 radical (unpaired) electrons. The van der Waals surface area contributed by atoms with E-state index in [-0.39, 0.29) is 24.3 Å². The molecule has 0 spiro atoms. The fourth-order valence-electron chi connectivity index (χ4n) is 4.15. The smallest absolute Gasteiger partial charge is 0.237 e. The van der Waals surface area contributed by atoms with Crippen LogP contribution in [0.5, 0.6) is 0 Å². The van der Waals surface area contributed by atoms with Crippen molar-refractivity contribution in [1.82, 2.24) is 14.5 Å². The van der Waals surface area contributed by atoms with Crippen LogP contribution in [-0.2, 0) is 16.1 Å². The van der Waals surface area contributed by atoms with Crippen LogP contribution in [0.15, 0.2) is 12.4 Å². The molecule has 2 N–H and O–H groups in total. The molecule has 132 valence electrons. The molecule has 6 nitrogen and oxygen atoms in total. The summed E-state index contributed by atoms with van der Waals surface area (Å²) in [5.41, 5.74) is 5.32. The third kappa shape index (κ3) is 3.97. The van der Waals surface area contributed by atoms with Crippen LogP contribution >= 0.6 is 0 Å². The van der Waals surface area contributed by atoms with Crippen molar-refractivity contribution in [3.05, 3.63) is 18.2 Å². The lowest BCUT2D eigenvalue weighted by Crippen LogP contribution is -2.43. The van der Waals surface area contributed by atoms with Crippen molar-refractivity contribution in [3.8, 4) is 0 Å². The van der Waals surface area contributed by atoms with Crippen molar-refractivity contribution in [2.75, 3.05) is 13.1 Å². The van der Waals surface area contributed by atoms with Crippen LogP contribution in [0.4, 0.5) is 0 Å². The maximum atomic E-state index is 12.9. The molecule has 2 heterocycles. The zero-order valence-electron chi connectivity index (χ0n) is 14.3. The minimum Gasteiger partial charge on any atom is -0.368 e. The van der Waals surface area contributed by atoms with Gasteiger partial charge in [0.25, 0.3) is 0 Å². The van der Waals surface area contributed by atoms with E-state index in [2.05, 4.69) is 4.98 Å². The van der Waals surface area contributed by atoms with Gasteiger partial charge in [-0.2, -0.15) is 0 Å². The lowest BCUT2D eigenvalue weighted by Gasteiger charge is -2.34. The summed E-state index contributed by atoms with van der Waals surface area (Å²) in [5, 5.41) is 0. The van der Waals surface area contributed by atoms with Gasteiger partial charge in [0.2, 0.25) is 11.8 Å². The van der Waals surface area contributed by atoms with Crippen LogP contribution in [0.25, 0.3) is 0 Å². The van der Waals surface area contributed by atoms with Crippen molar-refractivity contribution in [2.24, 2.45) is 11.7 Å². The second kappa shape index (κ2) is 7.81. The molecule has 0 bridgehead atoms. The molecule has 1 aliphatic carbocycles. The molecule has 2 amide bonds. The molecular weight excluding hydrogens is 304 g/mol. The van der Waals surface area contributed by atoms with E-state index in [0.717, 1.165) is 38.1 Å². The summed E-state index contributed by atoms with van der Waals surface area (Å²) >= 11 is 0. The van der Waals surface area contributed by atoms with Crippen molar-refractivity contribution in [3.63, 3.8) is 0 Å². The number of carbonyl (C=O) groups excluding carboxylic acids is 2.